The van der Waals surface area contributed by atoms with E-state index in [0.29, 0.717) is 18.8 Å². The molecule has 3 nitrogen and oxygen atoms in total. The van der Waals surface area contributed by atoms with Gasteiger partial charge >= 0.3 is 0 Å². The fourth-order valence-electron chi connectivity index (χ4n) is 2.54. The number of rotatable bonds is 8. The minimum atomic E-state index is 0.364. The molecule has 1 heterocycles. The van der Waals surface area contributed by atoms with Crippen molar-refractivity contribution in [3.05, 3.63) is 42.5 Å². The lowest BCUT2D eigenvalue weighted by Crippen LogP contribution is -2.39. The average molecular weight is 275 g/mol. The number of hydrogen-bond acceptors (Lipinski definition) is 3. The van der Waals surface area contributed by atoms with Crippen molar-refractivity contribution in [1.82, 2.24) is 5.32 Å². The Kier molecular flexibility index (Phi) is 6.09. The van der Waals surface area contributed by atoms with Gasteiger partial charge in [-0.3, -0.25) is 0 Å². The molecule has 2 atom stereocenters. The van der Waals surface area contributed by atoms with E-state index in [1.54, 1.807) is 0 Å². The first kappa shape index (κ1) is 15.1. The second kappa shape index (κ2) is 8.08. The van der Waals surface area contributed by atoms with E-state index >= 15 is 0 Å². The minimum absolute atomic E-state index is 0.364. The van der Waals surface area contributed by atoms with Gasteiger partial charge in [-0.1, -0.05) is 24.3 Å². The molecule has 110 valence electrons. The monoisotopic (exact) mass is 275 g/mol. The molecule has 3 heteroatoms. The molecule has 0 saturated carbocycles. The smallest absolute Gasteiger partial charge is 0.122 e. The van der Waals surface area contributed by atoms with Crippen LogP contribution in [0.15, 0.2) is 36.9 Å². The molecular weight excluding hydrogens is 250 g/mol. The minimum Gasteiger partial charge on any atom is -0.492 e. The quantitative estimate of drug-likeness (QED) is 0.584. The van der Waals surface area contributed by atoms with Crippen LogP contribution in [0.25, 0.3) is 0 Å². The molecule has 20 heavy (non-hydrogen) atoms. The molecule has 2 rings (SSSR count). The normalized spacial score (nSPS) is 19.8. The predicted molar refractivity (Wildman–Crippen MR) is 82.3 cm³/mol. The van der Waals surface area contributed by atoms with Crippen molar-refractivity contribution in [2.45, 2.75) is 38.3 Å². The number of ether oxygens (including phenoxy) is 2. The Bertz CT molecular complexity index is 413. The summed E-state index contributed by atoms with van der Waals surface area (Å²) in [6, 6.07) is 8.53. The van der Waals surface area contributed by atoms with Crippen LogP contribution in [0.3, 0.4) is 0 Å². The molecular formula is C17H25NO2. The van der Waals surface area contributed by atoms with Crippen LogP contribution in [0.5, 0.6) is 5.75 Å². The van der Waals surface area contributed by atoms with Crippen LogP contribution in [0.1, 0.15) is 25.3 Å². The van der Waals surface area contributed by atoms with Crippen molar-refractivity contribution in [1.29, 1.82) is 0 Å². The zero-order valence-electron chi connectivity index (χ0n) is 12.3. The van der Waals surface area contributed by atoms with E-state index in [9.17, 15) is 0 Å². The van der Waals surface area contributed by atoms with E-state index in [1.807, 2.05) is 24.3 Å². The molecule has 0 radical (unpaired) electrons. The third kappa shape index (κ3) is 4.36. The molecule has 0 amide bonds. The molecule has 1 aromatic carbocycles. The number of hydrogen-bond donors (Lipinski definition) is 1. The van der Waals surface area contributed by atoms with Gasteiger partial charge < -0.3 is 14.8 Å². The Morgan fingerprint density at radius 1 is 1.50 bits per heavy atom. The SMILES string of the molecule is C=CCc1ccccc1OCCNC(C)C1CCCO1. The molecule has 0 bridgehead atoms. The van der Waals surface area contributed by atoms with Gasteiger partial charge in [0, 0.05) is 19.2 Å². The Labute approximate surface area is 122 Å². The zero-order valence-corrected chi connectivity index (χ0v) is 12.3. The van der Waals surface area contributed by atoms with Gasteiger partial charge in [-0.15, -0.1) is 6.58 Å². The molecule has 1 aliphatic heterocycles. The van der Waals surface area contributed by atoms with E-state index < -0.39 is 0 Å². The van der Waals surface area contributed by atoms with Crippen molar-refractivity contribution in [2.75, 3.05) is 19.8 Å². The molecule has 0 aromatic heterocycles. The fourth-order valence-corrected chi connectivity index (χ4v) is 2.54. The van der Waals surface area contributed by atoms with Gasteiger partial charge in [0.1, 0.15) is 12.4 Å². The van der Waals surface area contributed by atoms with Gasteiger partial charge in [-0.25, -0.2) is 0 Å². The predicted octanol–water partition coefficient (Wildman–Crippen LogP) is 2.95. The summed E-state index contributed by atoms with van der Waals surface area (Å²) in [7, 11) is 0. The van der Waals surface area contributed by atoms with Gasteiger partial charge in [0.15, 0.2) is 0 Å². The van der Waals surface area contributed by atoms with Crippen molar-refractivity contribution in [2.24, 2.45) is 0 Å². The summed E-state index contributed by atoms with van der Waals surface area (Å²) in [5, 5.41) is 3.48. The Morgan fingerprint density at radius 2 is 2.35 bits per heavy atom. The number of para-hydroxylation sites is 1. The first-order valence-electron chi connectivity index (χ1n) is 7.48. The largest absolute Gasteiger partial charge is 0.492 e. The van der Waals surface area contributed by atoms with Gasteiger partial charge in [0.05, 0.1) is 6.10 Å². The van der Waals surface area contributed by atoms with Crippen LogP contribution in [-0.2, 0) is 11.2 Å². The molecule has 0 aliphatic carbocycles. The topological polar surface area (TPSA) is 30.5 Å². The molecule has 1 saturated heterocycles. The van der Waals surface area contributed by atoms with E-state index in [2.05, 4.69) is 24.9 Å². The molecule has 0 spiro atoms. The van der Waals surface area contributed by atoms with Crippen LogP contribution in [-0.4, -0.2) is 31.9 Å². The second-order valence-corrected chi connectivity index (χ2v) is 5.24. The lowest BCUT2D eigenvalue weighted by atomic mass is 10.1. The number of benzene rings is 1. The van der Waals surface area contributed by atoms with E-state index in [1.165, 1.54) is 12.0 Å². The highest BCUT2D eigenvalue weighted by molar-refractivity contribution is 5.34. The van der Waals surface area contributed by atoms with Crippen molar-refractivity contribution in [3.63, 3.8) is 0 Å². The molecule has 1 aliphatic rings. The molecule has 2 unspecified atom stereocenters. The second-order valence-electron chi connectivity index (χ2n) is 5.24. The van der Waals surface area contributed by atoms with Crippen molar-refractivity contribution in [3.8, 4) is 5.75 Å². The van der Waals surface area contributed by atoms with E-state index in [-0.39, 0.29) is 0 Å². The maximum absolute atomic E-state index is 5.85. The van der Waals surface area contributed by atoms with Crippen LogP contribution in [0.2, 0.25) is 0 Å². The summed E-state index contributed by atoms with van der Waals surface area (Å²) in [5.41, 5.74) is 1.19. The molecule has 1 fully saturated rings. The lowest BCUT2D eigenvalue weighted by molar-refractivity contribution is 0.0824. The van der Waals surface area contributed by atoms with Crippen LogP contribution < -0.4 is 10.1 Å². The third-order valence-electron chi connectivity index (χ3n) is 3.69. The van der Waals surface area contributed by atoms with Crippen molar-refractivity contribution >= 4 is 0 Å². The van der Waals surface area contributed by atoms with Crippen molar-refractivity contribution < 1.29 is 9.47 Å². The highest BCUT2D eigenvalue weighted by Crippen LogP contribution is 2.18. The van der Waals surface area contributed by atoms with Gasteiger partial charge in [-0.2, -0.15) is 0 Å². The highest BCUT2D eigenvalue weighted by atomic mass is 16.5. The maximum Gasteiger partial charge on any atom is 0.122 e. The summed E-state index contributed by atoms with van der Waals surface area (Å²) in [6.07, 6.45) is 5.46. The summed E-state index contributed by atoms with van der Waals surface area (Å²) >= 11 is 0. The zero-order chi connectivity index (χ0) is 14.2. The number of nitrogens with one attached hydrogen (secondary N) is 1. The van der Waals surface area contributed by atoms with E-state index in [4.69, 9.17) is 9.47 Å². The third-order valence-corrected chi connectivity index (χ3v) is 3.69. The standard InChI is InChI=1S/C17H25NO2/c1-3-7-15-8-4-5-9-17(15)20-13-11-18-14(2)16-10-6-12-19-16/h3-5,8-9,14,16,18H,1,6-7,10-13H2,2H3. The first-order chi connectivity index (χ1) is 9.81. The van der Waals surface area contributed by atoms with E-state index in [0.717, 1.165) is 31.7 Å². The summed E-state index contributed by atoms with van der Waals surface area (Å²) in [4.78, 5) is 0. The summed E-state index contributed by atoms with van der Waals surface area (Å²) in [6.45, 7) is 8.37. The number of allylic oxidation sites excluding steroid dienone is 1. The van der Waals surface area contributed by atoms with Crippen LogP contribution in [0, 0.1) is 0 Å². The first-order valence-corrected chi connectivity index (χ1v) is 7.48. The average Bonchev–Trinajstić information content (AvgIpc) is 2.99. The molecule has 1 N–H and O–H groups in total. The van der Waals surface area contributed by atoms with Crippen LogP contribution in [0.4, 0.5) is 0 Å². The van der Waals surface area contributed by atoms with Gasteiger partial charge in [0.2, 0.25) is 0 Å². The van der Waals surface area contributed by atoms with Gasteiger partial charge in [0.25, 0.3) is 0 Å². The Morgan fingerprint density at radius 3 is 3.10 bits per heavy atom. The summed E-state index contributed by atoms with van der Waals surface area (Å²) < 4.78 is 11.5. The summed E-state index contributed by atoms with van der Waals surface area (Å²) in [5.74, 6) is 0.957. The Hall–Kier alpha value is -1.32. The Balaban J connectivity index is 1.71. The lowest BCUT2D eigenvalue weighted by Gasteiger charge is -2.20. The maximum atomic E-state index is 5.85. The fraction of sp³-hybridized carbons (Fsp3) is 0.529. The highest BCUT2D eigenvalue weighted by Gasteiger charge is 2.21. The van der Waals surface area contributed by atoms with Gasteiger partial charge in [-0.05, 0) is 37.8 Å². The molecule has 1 aromatic rings. The van der Waals surface area contributed by atoms with Crippen LogP contribution >= 0.6 is 0 Å².